The number of hydrogen-bond donors (Lipinski definition) is 0. The lowest BCUT2D eigenvalue weighted by Crippen LogP contribution is -2.22. The normalized spacial score (nSPS) is 20.4. The Hall–Kier alpha value is -1.34. The second kappa shape index (κ2) is 4.89. The van der Waals surface area contributed by atoms with Crippen LogP contribution in [0.4, 0.5) is 0 Å². The fraction of sp³-hybridized carbons (Fsp3) is 0.368. The molecular weight excluding hydrogens is 256 g/mol. The molecule has 0 bridgehead atoms. The number of allylic oxidation sites excluding steroid dienone is 5. The van der Waals surface area contributed by atoms with Crippen LogP contribution in [0.1, 0.15) is 22.3 Å². The highest BCUT2D eigenvalue weighted by molar-refractivity contribution is 6.83. The van der Waals surface area contributed by atoms with E-state index in [1.165, 1.54) is 16.7 Å². The maximum absolute atomic E-state index is 2.51. The summed E-state index contributed by atoms with van der Waals surface area (Å²) < 4.78 is 0. The van der Waals surface area contributed by atoms with E-state index >= 15 is 0 Å². The minimum atomic E-state index is -1.15. The molecule has 1 atom stereocenters. The van der Waals surface area contributed by atoms with E-state index in [-0.39, 0.29) is 0 Å². The van der Waals surface area contributed by atoms with Crippen LogP contribution in [-0.2, 0) is 12.8 Å². The number of fused-ring (bicyclic) bond motifs is 1. The Morgan fingerprint density at radius 3 is 2.65 bits per heavy atom. The van der Waals surface area contributed by atoms with Gasteiger partial charge in [-0.1, -0.05) is 67.4 Å². The number of rotatable bonds is 3. The van der Waals surface area contributed by atoms with Crippen LogP contribution < -0.4 is 0 Å². The summed E-state index contributed by atoms with van der Waals surface area (Å²) in [5.41, 5.74) is 5.99. The van der Waals surface area contributed by atoms with Gasteiger partial charge in [0, 0.05) is 0 Å². The molecule has 20 heavy (non-hydrogen) atoms. The van der Waals surface area contributed by atoms with Crippen LogP contribution in [-0.4, -0.2) is 8.07 Å². The molecule has 0 aliphatic heterocycles. The van der Waals surface area contributed by atoms with E-state index in [4.69, 9.17) is 0 Å². The van der Waals surface area contributed by atoms with E-state index in [0.717, 1.165) is 12.8 Å². The molecule has 3 rings (SSSR count). The van der Waals surface area contributed by atoms with Gasteiger partial charge in [-0.05, 0) is 47.9 Å². The molecule has 0 spiro atoms. The lowest BCUT2D eigenvalue weighted by Gasteiger charge is -2.16. The van der Waals surface area contributed by atoms with Crippen LogP contribution in [0.3, 0.4) is 0 Å². The van der Waals surface area contributed by atoms with Crippen molar-refractivity contribution in [2.75, 3.05) is 0 Å². The summed E-state index contributed by atoms with van der Waals surface area (Å²) >= 11 is 0. The van der Waals surface area contributed by atoms with Gasteiger partial charge in [0.05, 0.1) is 8.07 Å². The highest BCUT2D eigenvalue weighted by Crippen LogP contribution is 2.31. The van der Waals surface area contributed by atoms with Gasteiger partial charge in [0.15, 0.2) is 0 Å². The maximum Gasteiger partial charge on any atom is 0.0771 e. The summed E-state index contributed by atoms with van der Waals surface area (Å²) in [5.74, 6) is 0.595. The summed E-state index contributed by atoms with van der Waals surface area (Å²) in [6, 6.07) is 4.63. The molecule has 0 fully saturated rings. The predicted octanol–water partition coefficient (Wildman–Crippen LogP) is 5.10. The van der Waals surface area contributed by atoms with Gasteiger partial charge in [0.1, 0.15) is 0 Å². The molecule has 2 aliphatic carbocycles. The molecule has 0 saturated heterocycles. The Labute approximate surface area is 123 Å². The molecule has 0 aromatic heterocycles. The van der Waals surface area contributed by atoms with Gasteiger partial charge in [0.25, 0.3) is 0 Å². The second-order valence-corrected chi connectivity index (χ2v) is 12.2. The Balaban J connectivity index is 1.85. The van der Waals surface area contributed by atoms with Crippen molar-refractivity contribution in [2.45, 2.75) is 39.4 Å². The average molecular weight is 280 g/mol. The standard InChI is InChI=1S/C19H24Si/c1-14-8-10-16(19-7-5-6-18(14)19)12-15-9-11-17(13-15)20(2,3)4/h5,7-11,13,15H,6,12H2,1-4H3. The van der Waals surface area contributed by atoms with Gasteiger partial charge < -0.3 is 0 Å². The topological polar surface area (TPSA) is 0 Å². The number of benzene rings is 1. The molecule has 0 nitrogen and oxygen atoms in total. The van der Waals surface area contributed by atoms with Crippen LogP contribution >= 0.6 is 0 Å². The van der Waals surface area contributed by atoms with Gasteiger partial charge in [-0.25, -0.2) is 0 Å². The Bertz CT molecular complexity index is 624. The zero-order valence-corrected chi connectivity index (χ0v) is 14.0. The van der Waals surface area contributed by atoms with Crippen molar-refractivity contribution in [1.82, 2.24) is 0 Å². The molecule has 1 heteroatoms. The van der Waals surface area contributed by atoms with Gasteiger partial charge in [-0.2, -0.15) is 0 Å². The lowest BCUT2D eigenvalue weighted by atomic mass is 9.92. The van der Waals surface area contributed by atoms with Crippen LogP contribution in [0.15, 0.2) is 41.6 Å². The molecule has 1 aromatic carbocycles. The molecular formula is C19H24Si. The van der Waals surface area contributed by atoms with E-state index in [2.05, 4.69) is 69.1 Å². The maximum atomic E-state index is 2.51. The first kappa shape index (κ1) is 13.6. The smallest absolute Gasteiger partial charge is 0.0771 e. The fourth-order valence-electron chi connectivity index (χ4n) is 3.22. The van der Waals surface area contributed by atoms with Gasteiger partial charge in [-0.3, -0.25) is 0 Å². The highest BCUT2D eigenvalue weighted by atomic mass is 28.3. The van der Waals surface area contributed by atoms with Gasteiger partial charge >= 0.3 is 0 Å². The van der Waals surface area contributed by atoms with E-state index in [9.17, 15) is 0 Å². The zero-order chi connectivity index (χ0) is 14.3. The summed E-state index contributed by atoms with van der Waals surface area (Å²) in [4.78, 5) is 0. The quantitative estimate of drug-likeness (QED) is 0.676. The molecule has 0 saturated carbocycles. The molecule has 0 heterocycles. The largest absolute Gasteiger partial charge is 0.0795 e. The molecule has 1 aromatic rings. The van der Waals surface area contributed by atoms with E-state index in [0.29, 0.717) is 5.92 Å². The zero-order valence-electron chi connectivity index (χ0n) is 13.0. The third-order valence-electron chi connectivity index (χ3n) is 4.53. The molecule has 0 N–H and O–H groups in total. The molecule has 1 unspecified atom stereocenters. The van der Waals surface area contributed by atoms with Gasteiger partial charge in [0.2, 0.25) is 0 Å². The molecule has 0 amide bonds. The van der Waals surface area contributed by atoms with Crippen LogP contribution in [0.5, 0.6) is 0 Å². The van der Waals surface area contributed by atoms with Crippen LogP contribution in [0.25, 0.3) is 6.08 Å². The lowest BCUT2D eigenvalue weighted by molar-refractivity contribution is 0.812. The van der Waals surface area contributed by atoms with Crippen molar-refractivity contribution in [1.29, 1.82) is 0 Å². The summed E-state index contributed by atoms with van der Waals surface area (Å²) in [7, 11) is -1.15. The van der Waals surface area contributed by atoms with Crippen molar-refractivity contribution in [3.63, 3.8) is 0 Å². The van der Waals surface area contributed by atoms with Crippen molar-refractivity contribution in [2.24, 2.45) is 5.92 Å². The number of hydrogen-bond acceptors (Lipinski definition) is 0. The molecule has 0 radical (unpaired) electrons. The van der Waals surface area contributed by atoms with E-state index in [1.807, 2.05) is 0 Å². The Morgan fingerprint density at radius 2 is 1.95 bits per heavy atom. The number of aryl methyl sites for hydroxylation is 1. The summed E-state index contributed by atoms with van der Waals surface area (Å²) in [6.07, 6.45) is 14.2. The van der Waals surface area contributed by atoms with E-state index in [1.54, 1.807) is 10.8 Å². The Morgan fingerprint density at radius 1 is 1.15 bits per heavy atom. The predicted molar refractivity (Wildman–Crippen MR) is 91.7 cm³/mol. The van der Waals surface area contributed by atoms with Gasteiger partial charge in [-0.15, -0.1) is 0 Å². The van der Waals surface area contributed by atoms with Crippen molar-refractivity contribution in [3.8, 4) is 0 Å². The van der Waals surface area contributed by atoms with E-state index < -0.39 is 8.07 Å². The summed E-state index contributed by atoms with van der Waals surface area (Å²) in [5, 5.41) is 1.61. The van der Waals surface area contributed by atoms with Crippen molar-refractivity contribution >= 4 is 14.1 Å². The second-order valence-electron chi connectivity index (χ2n) is 7.14. The minimum absolute atomic E-state index is 0.595. The molecule has 2 aliphatic rings. The minimum Gasteiger partial charge on any atom is -0.0795 e. The SMILES string of the molecule is Cc1ccc(CC2C=CC([Si](C)(C)C)=C2)c2c1CC=C2. The van der Waals surface area contributed by atoms with Crippen molar-refractivity contribution < 1.29 is 0 Å². The highest BCUT2D eigenvalue weighted by Gasteiger charge is 2.23. The molecule has 104 valence electrons. The Kier molecular flexibility index (Phi) is 3.33. The summed E-state index contributed by atoms with van der Waals surface area (Å²) in [6.45, 7) is 9.52. The monoisotopic (exact) mass is 280 g/mol. The first-order chi connectivity index (χ1) is 9.45. The third kappa shape index (κ3) is 2.47. The average Bonchev–Trinajstić information content (AvgIpc) is 3.00. The first-order valence-corrected chi connectivity index (χ1v) is 11.1. The van der Waals surface area contributed by atoms with Crippen molar-refractivity contribution in [3.05, 3.63) is 63.9 Å². The van der Waals surface area contributed by atoms with Crippen LogP contribution in [0, 0.1) is 12.8 Å². The first-order valence-electron chi connectivity index (χ1n) is 7.63. The van der Waals surface area contributed by atoms with Crippen LogP contribution in [0.2, 0.25) is 19.6 Å². The fourth-order valence-corrected chi connectivity index (χ4v) is 4.53. The third-order valence-corrected chi connectivity index (χ3v) is 6.59.